The minimum atomic E-state index is -1.40. The van der Waals surface area contributed by atoms with Gasteiger partial charge in [0.05, 0.1) is 13.2 Å². The molecule has 2 aromatic carbocycles. The molecule has 1 heterocycles. The smallest absolute Gasteiger partial charge is 0.871 e. The molecule has 2 amide bonds. The van der Waals surface area contributed by atoms with E-state index in [2.05, 4.69) is 10.6 Å². The van der Waals surface area contributed by atoms with Gasteiger partial charge >= 0.3 is 65.1 Å². The molecule has 1 atom stereocenters. The number of nitrogens with one attached hydrogen (secondary N) is 2. The second-order valence-electron chi connectivity index (χ2n) is 7.92. The summed E-state index contributed by atoms with van der Waals surface area (Å²) in [6, 6.07) is 10.4. The van der Waals surface area contributed by atoms with Crippen LogP contribution < -0.4 is 90.3 Å². The number of carboxylic acid groups (broad SMARTS) is 1. The van der Waals surface area contributed by atoms with Crippen molar-refractivity contribution in [1.82, 2.24) is 9.88 Å². The van der Waals surface area contributed by atoms with Crippen molar-refractivity contribution in [1.29, 1.82) is 0 Å². The van der Waals surface area contributed by atoms with Crippen LogP contribution in [0.4, 0.5) is 10.5 Å². The van der Waals surface area contributed by atoms with Crippen LogP contribution in [-0.4, -0.2) is 23.7 Å². The van der Waals surface area contributed by atoms with E-state index in [0.717, 1.165) is 32.9 Å². The van der Waals surface area contributed by atoms with Gasteiger partial charge in [0.2, 0.25) is 0 Å². The number of aromatic nitrogens is 1. The van der Waals surface area contributed by atoms with E-state index in [-0.39, 0.29) is 59.1 Å². The van der Waals surface area contributed by atoms with Crippen molar-refractivity contribution in [3.8, 4) is 22.6 Å². The second-order valence-corrected chi connectivity index (χ2v) is 7.92. The summed E-state index contributed by atoms with van der Waals surface area (Å²) < 4.78 is 6.57. The van der Waals surface area contributed by atoms with Gasteiger partial charge in [-0.1, -0.05) is 36.1 Å². The van der Waals surface area contributed by atoms with Crippen LogP contribution in [0.3, 0.4) is 0 Å². The summed E-state index contributed by atoms with van der Waals surface area (Å²) in [6.45, 7) is 3.94. The normalized spacial score (nSPS) is 10.9. The first-order valence-corrected chi connectivity index (χ1v) is 10.5. The molecule has 0 radical (unpaired) electrons. The summed E-state index contributed by atoms with van der Waals surface area (Å²) in [5, 5.41) is 28.3. The molecule has 0 aliphatic heterocycles. The molecule has 3 aromatic rings. The molecule has 0 aliphatic carbocycles. The van der Waals surface area contributed by atoms with Crippen molar-refractivity contribution in [2.45, 2.75) is 26.3 Å². The van der Waals surface area contributed by atoms with Crippen molar-refractivity contribution >= 4 is 17.7 Å². The Balaban J connectivity index is 0.00000324. The van der Waals surface area contributed by atoms with Crippen molar-refractivity contribution < 1.29 is 83.7 Å². The van der Waals surface area contributed by atoms with Crippen molar-refractivity contribution in [3.05, 3.63) is 75.7 Å². The third-order valence-corrected chi connectivity index (χ3v) is 5.52. The fraction of sp³-hybridized carbons (Fsp3) is 0.240. The first-order chi connectivity index (χ1) is 16.1. The molecule has 178 valence electrons. The Hall–Kier alpha value is -2.27. The molecule has 9 nitrogen and oxygen atoms in total. The summed E-state index contributed by atoms with van der Waals surface area (Å²) >= 11 is 0. The maximum atomic E-state index is 12.7. The standard InChI is InChI=1S/C25H27N3O6.2Na/c1-14-6-5-7-15(2)22(14)16-8-9-20(34-4)17(12-16)18(13-21(30)31)26-25(33)27-23-19(29)10-11-28(3)24(23)32;;/h5-12,18,29H,13H2,1-4H3,(H,30,31)(H2,26,27,33);;/q;2*+1/p-2/t18-;;/m0../s1. The fourth-order valence-electron chi connectivity index (χ4n) is 3.87. The van der Waals surface area contributed by atoms with Gasteiger partial charge in [-0.2, -0.15) is 0 Å². The minimum Gasteiger partial charge on any atom is -0.871 e. The molecular weight excluding hydrogens is 484 g/mol. The Morgan fingerprint density at radius 2 is 1.72 bits per heavy atom. The van der Waals surface area contributed by atoms with Crippen LogP contribution in [0, 0.1) is 13.8 Å². The molecule has 2 N–H and O–H groups in total. The van der Waals surface area contributed by atoms with Gasteiger partial charge in [-0.15, -0.1) is 0 Å². The molecule has 36 heavy (non-hydrogen) atoms. The van der Waals surface area contributed by atoms with Crippen molar-refractivity contribution in [2.75, 3.05) is 12.4 Å². The fourth-order valence-corrected chi connectivity index (χ4v) is 3.87. The largest absolute Gasteiger partial charge is 1.00 e. The first kappa shape index (κ1) is 31.8. The van der Waals surface area contributed by atoms with E-state index in [1.807, 2.05) is 38.1 Å². The van der Waals surface area contributed by atoms with Crippen LogP contribution in [0.1, 0.15) is 29.2 Å². The molecule has 0 aliphatic rings. The van der Waals surface area contributed by atoms with Gasteiger partial charge in [0.15, 0.2) is 0 Å². The minimum absolute atomic E-state index is 0. The molecule has 0 spiro atoms. The van der Waals surface area contributed by atoms with E-state index in [1.165, 1.54) is 20.4 Å². The Bertz CT molecular complexity index is 1290. The molecule has 1 aromatic heterocycles. The quantitative estimate of drug-likeness (QED) is 0.310. The summed E-state index contributed by atoms with van der Waals surface area (Å²) in [7, 11) is 2.87. The molecule has 0 saturated carbocycles. The Morgan fingerprint density at radius 1 is 1.08 bits per heavy atom. The molecule has 0 saturated heterocycles. The summed E-state index contributed by atoms with van der Waals surface area (Å²) in [5.41, 5.74) is 3.13. The number of benzene rings is 2. The maximum absolute atomic E-state index is 12.7. The molecule has 0 bridgehead atoms. The number of aryl methyl sites for hydroxylation is 3. The number of carboxylic acids is 1. The van der Waals surface area contributed by atoms with Crippen molar-refractivity contribution in [3.63, 3.8) is 0 Å². The zero-order valence-corrected chi connectivity index (χ0v) is 25.3. The first-order valence-electron chi connectivity index (χ1n) is 10.5. The monoisotopic (exact) mass is 509 g/mol. The predicted octanol–water partition coefficient (Wildman–Crippen LogP) is -4.24. The third kappa shape index (κ3) is 7.38. The van der Waals surface area contributed by atoms with Crippen LogP contribution in [0.15, 0.2) is 53.5 Å². The van der Waals surface area contributed by atoms with Gasteiger partial charge < -0.3 is 34.9 Å². The summed E-state index contributed by atoms with van der Waals surface area (Å²) in [6.07, 6.45) is 0.730. The van der Waals surface area contributed by atoms with E-state index in [4.69, 9.17) is 4.74 Å². The van der Waals surface area contributed by atoms with Gasteiger partial charge in [0.1, 0.15) is 11.4 Å². The zero-order valence-electron chi connectivity index (χ0n) is 21.3. The third-order valence-electron chi connectivity index (χ3n) is 5.52. The molecule has 0 unspecified atom stereocenters. The number of carbonyl (C=O) groups is 2. The molecule has 0 fully saturated rings. The van der Waals surface area contributed by atoms with Crippen LogP contribution in [0.2, 0.25) is 0 Å². The van der Waals surface area contributed by atoms with Gasteiger partial charge in [0.25, 0.3) is 5.56 Å². The topological polar surface area (TPSA) is 136 Å². The van der Waals surface area contributed by atoms with Gasteiger partial charge in [-0.05, 0) is 48.2 Å². The number of hydrogen-bond donors (Lipinski definition) is 2. The van der Waals surface area contributed by atoms with Gasteiger partial charge in [-0.25, -0.2) is 4.79 Å². The van der Waals surface area contributed by atoms with Gasteiger partial charge in [-0.3, -0.25) is 4.79 Å². The number of methoxy groups -OCH3 is 1. The Kier molecular flexibility index (Phi) is 12.2. The van der Waals surface area contributed by atoms with Crippen LogP contribution >= 0.6 is 0 Å². The van der Waals surface area contributed by atoms with E-state index in [0.29, 0.717) is 11.3 Å². The number of amides is 2. The van der Waals surface area contributed by atoms with Crippen LogP contribution in [-0.2, 0) is 11.8 Å². The summed E-state index contributed by atoms with van der Waals surface area (Å²) in [4.78, 5) is 36.4. The summed E-state index contributed by atoms with van der Waals surface area (Å²) in [5.74, 6) is -1.70. The zero-order chi connectivity index (χ0) is 25.0. The number of pyridine rings is 1. The van der Waals surface area contributed by atoms with Crippen molar-refractivity contribution in [2.24, 2.45) is 7.05 Å². The number of hydrogen-bond acceptors (Lipinski definition) is 6. The Labute approximate surface area is 253 Å². The number of carbonyl (C=O) groups excluding carboxylic acids is 2. The average Bonchev–Trinajstić information content (AvgIpc) is 2.78. The van der Waals surface area contributed by atoms with Gasteiger partial charge in [0, 0.05) is 31.2 Å². The van der Waals surface area contributed by atoms with E-state index < -0.39 is 41.5 Å². The van der Waals surface area contributed by atoms with E-state index in [9.17, 15) is 24.6 Å². The number of rotatable bonds is 7. The maximum Gasteiger partial charge on any atom is 1.00 e. The second kappa shape index (κ2) is 13.9. The number of anilines is 1. The Morgan fingerprint density at radius 3 is 2.31 bits per heavy atom. The average molecular weight is 509 g/mol. The van der Waals surface area contributed by atoms with Crippen LogP contribution in [0.25, 0.3) is 11.1 Å². The number of ether oxygens (including phenoxy) is 1. The molecule has 11 heteroatoms. The number of nitrogens with zero attached hydrogens (tertiary/aromatic N) is 1. The van der Waals surface area contributed by atoms with Crippen LogP contribution in [0.5, 0.6) is 11.5 Å². The van der Waals surface area contributed by atoms with E-state index >= 15 is 0 Å². The number of aliphatic carboxylic acids is 1. The SMILES string of the molecule is COc1ccc(-c2c(C)cccc2C)cc1[C@H](CC(=O)[O-])NC(=O)Nc1c([O-])ccn(C)c1=O.[Na+].[Na+]. The van der Waals surface area contributed by atoms with E-state index in [1.54, 1.807) is 12.1 Å². The predicted molar refractivity (Wildman–Crippen MR) is 124 cm³/mol. The molecular formula is C25H25N3Na2O6. The number of urea groups is 1. The molecule has 3 rings (SSSR count).